The molecule has 1 aromatic rings. The Labute approximate surface area is 93.2 Å². The molecule has 0 aliphatic heterocycles. The lowest BCUT2D eigenvalue weighted by Crippen LogP contribution is -2.03. The maximum Gasteiger partial charge on any atom is 0.339 e. The van der Waals surface area contributed by atoms with Gasteiger partial charge in [-0.15, -0.1) is 0 Å². The van der Waals surface area contributed by atoms with Gasteiger partial charge in [-0.2, -0.15) is 0 Å². The molecule has 0 radical (unpaired) electrons. The molecule has 0 aromatic heterocycles. The highest BCUT2D eigenvalue weighted by atomic mass is 127. The zero-order valence-electron chi connectivity index (χ0n) is 6.61. The lowest BCUT2D eigenvalue weighted by Gasteiger charge is -2.03. The van der Waals surface area contributed by atoms with E-state index in [1.165, 1.54) is 19.2 Å². The fraction of sp³-hybridized carbons (Fsp3) is 0.125. The van der Waals surface area contributed by atoms with Crippen LogP contribution in [0.1, 0.15) is 10.4 Å². The first-order chi connectivity index (χ1) is 6.07. The quantitative estimate of drug-likeness (QED) is 0.453. The van der Waals surface area contributed by atoms with Crippen molar-refractivity contribution in [2.24, 2.45) is 0 Å². The molecule has 0 saturated heterocycles. The summed E-state index contributed by atoms with van der Waals surface area (Å²) in [6.45, 7) is 0. The van der Waals surface area contributed by atoms with E-state index in [1.54, 1.807) is 22.6 Å². The van der Waals surface area contributed by atoms with E-state index in [1.807, 2.05) is 0 Å². The molecule has 0 fully saturated rings. The Kier molecular flexibility index (Phi) is 3.49. The van der Waals surface area contributed by atoms with Gasteiger partial charge in [-0.25, -0.2) is 9.18 Å². The number of methoxy groups -OCH3 is 1. The molecule has 0 atom stereocenters. The predicted octanol–water partition coefficient (Wildman–Crippen LogP) is 2.87. The Morgan fingerprint density at radius 3 is 2.77 bits per heavy atom. The Hall–Kier alpha value is -0.360. The van der Waals surface area contributed by atoms with Gasteiger partial charge in [0.1, 0.15) is 0 Å². The second-order valence-corrected chi connectivity index (χ2v) is 3.75. The Balaban J connectivity index is 3.26. The minimum absolute atomic E-state index is 0.0436. The predicted molar refractivity (Wildman–Crippen MR) is 55.5 cm³/mol. The summed E-state index contributed by atoms with van der Waals surface area (Å²) in [5.41, 5.74) is 0.0436. The van der Waals surface area contributed by atoms with Gasteiger partial charge >= 0.3 is 5.97 Å². The van der Waals surface area contributed by atoms with Crippen molar-refractivity contribution in [3.8, 4) is 0 Å². The fourth-order valence-electron chi connectivity index (χ4n) is 0.794. The first-order valence-electron chi connectivity index (χ1n) is 3.29. The van der Waals surface area contributed by atoms with Gasteiger partial charge in [0.05, 0.1) is 21.3 Å². The first kappa shape index (κ1) is 10.7. The molecule has 0 N–H and O–H groups in total. The second-order valence-electron chi connectivity index (χ2n) is 2.21. The van der Waals surface area contributed by atoms with Crippen LogP contribution >= 0.6 is 34.2 Å². The van der Waals surface area contributed by atoms with Crippen molar-refractivity contribution in [1.82, 2.24) is 0 Å². The lowest BCUT2D eigenvalue weighted by atomic mass is 10.2. The smallest absolute Gasteiger partial charge is 0.339 e. The van der Waals surface area contributed by atoms with Gasteiger partial charge < -0.3 is 4.74 Å². The molecular weight excluding hydrogens is 309 g/mol. The van der Waals surface area contributed by atoms with Crippen LogP contribution in [0.3, 0.4) is 0 Å². The summed E-state index contributed by atoms with van der Waals surface area (Å²) in [5, 5.41) is -0.196. The highest BCUT2D eigenvalue weighted by Gasteiger charge is 2.15. The molecule has 0 amide bonds. The van der Waals surface area contributed by atoms with E-state index in [0.29, 0.717) is 3.57 Å². The van der Waals surface area contributed by atoms with Gasteiger partial charge in [0, 0.05) is 0 Å². The number of esters is 1. The van der Waals surface area contributed by atoms with Gasteiger partial charge in [0.2, 0.25) is 0 Å². The molecule has 0 spiro atoms. The Morgan fingerprint density at radius 2 is 2.23 bits per heavy atom. The summed E-state index contributed by atoms with van der Waals surface area (Å²) in [5.74, 6) is -1.23. The first-order valence-corrected chi connectivity index (χ1v) is 4.75. The maximum absolute atomic E-state index is 13.1. The van der Waals surface area contributed by atoms with Crippen LogP contribution in [0.2, 0.25) is 5.02 Å². The van der Waals surface area contributed by atoms with Crippen molar-refractivity contribution in [3.63, 3.8) is 0 Å². The maximum atomic E-state index is 13.1. The second kappa shape index (κ2) is 4.23. The van der Waals surface area contributed by atoms with Crippen LogP contribution in [0.5, 0.6) is 0 Å². The van der Waals surface area contributed by atoms with Crippen LogP contribution in [0.4, 0.5) is 4.39 Å². The molecule has 0 saturated carbocycles. The van der Waals surface area contributed by atoms with Crippen molar-refractivity contribution < 1.29 is 13.9 Å². The normalized spacial score (nSPS) is 9.85. The topological polar surface area (TPSA) is 26.3 Å². The van der Waals surface area contributed by atoms with Crippen molar-refractivity contribution in [3.05, 3.63) is 32.1 Å². The van der Waals surface area contributed by atoms with Crippen LogP contribution in [-0.4, -0.2) is 13.1 Å². The monoisotopic (exact) mass is 314 g/mol. The van der Waals surface area contributed by atoms with Crippen LogP contribution in [-0.2, 0) is 4.74 Å². The molecule has 1 aromatic carbocycles. The number of benzene rings is 1. The van der Waals surface area contributed by atoms with E-state index in [2.05, 4.69) is 4.74 Å². The number of carbonyl (C=O) groups excluding carboxylic acids is 1. The highest BCUT2D eigenvalue weighted by molar-refractivity contribution is 14.1. The third-order valence-electron chi connectivity index (χ3n) is 1.44. The molecular formula is C8H5ClFIO2. The summed E-state index contributed by atoms with van der Waals surface area (Å²) < 4.78 is 17.9. The van der Waals surface area contributed by atoms with E-state index >= 15 is 0 Å². The fourth-order valence-corrected chi connectivity index (χ4v) is 1.64. The molecule has 0 aliphatic rings. The Morgan fingerprint density at radius 1 is 1.62 bits per heavy atom. The van der Waals surface area contributed by atoms with Crippen molar-refractivity contribution >= 4 is 40.2 Å². The van der Waals surface area contributed by atoms with Gasteiger partial charge in [0.15, 0.2) is 5.82 Å². The van der Waals surface area contributed by atoms with Crippen LogP contribution < -0.4 is 0 Å². The molecule has 0 bridgehead atoms. The van der Waals surface area contributed by atoms with Gasteiger partial charge in [0.25, 0.3) is 0 Å². The average molecular weight is 314 g/mol. The number of halogens is 3. The van der Waals surface area contributed by atoms with E-state index in [4.69, 9.17) is 11.6 Å². The van der Waals surface area contributed by atoms with Crippen molar-refractivity contribution in [2.45, 2.75) is 0 Å². The van der Waals surface area contributed by atoms with Gasteiger partial charge in [-0.1, -0.05) is 11.6 Å². The minimum Gasteiger partial charge on any atom is -0.465 e. The summed E-state index contributed by atoms with van der Waals surface area (Å²) >= 11 is 7.38. The highest BCUT2D eigenvalue weighted by Crippen LogP contribution is 2.24. The summed E-state index contributed by atoms with van der Waals surface area (Å²) in [6, 6.07) is 2.90. The molecule has 2 nitrogen and oxygen atoms in total. The van der Waals surface area contributed by atoms with Gasteiger partial charge in [-0.05, 0) is 34.7 Å². The third-order valence-corrected chi connectivity index (χ3v) is 2.64. The number of ether oxygens (including phenoxy) is 1. The number of carbonyl (C=O) groups is 1. The zero-order valence-corrected chi connectivity index (χ0v) is 9.52. The average Bonchev–Trinajstić information content (AvgIpc) is 2.13. The molecule has 0 heterocycles. The van der Waals surface area contributed by atoms with E-state index < -0.39 is 11.8 Å². The van der Waals surface area contributed by atoms with Crippen LogP contribution in [0.15, 0.2) is 12.1 Å². The largest absolute Gasteiger partial charge is 0.465 e. The molecule has 5 heteroatoms. The molecule has 13 heavy (non-hydrogen) atoms. The number of hydrogen-bond acceptors (Lipinski definition) is 2. The van der Waals surface area contributed by atoms with E-state index in [0.717, 1.165) is 0 Å². The lowest BCUT2D eigenvalue weighted by molar-refractivity contribution is 0.0600. The number of rotatable bonds is 1. The standard InChI is InChI=1S/C8H5ClFIO2/c1-13-8(12)4-2-3-5(11)7(10)6(4)9/h2-3H,1H3. The van der Waals surface area contributed by atoms with Crippen molar-refractivity contribution in [1.29, 1.82) is 0 Å². The summed E-state index contributed by atoms with van der Waals surface area (Å²) in [4.78, 5) is 11.0. The van der Waals surface area contributed by atoms with Crippen LogP contribution in [0, 0.1) is 9.39 Å². The van der Waals surface area contributed by atoms with Gasteiger partial charge in [-0.3, -0.25) is 0 Å². The molecule has 70 valence electrons. The molecule has 1 rings (SSSR count). The molecule has 0 aliphatic carbocycles. The van der Waals surface area contributed by atoms with Crippen LogP contribution in [0.25, 0.3) is 0 Å². The zero-order chi connectivity index (χ0) is 10.0. The van der Waals surface area contributed by atoms with E-state index in [9.17, 15) is 9.18 Å². The van der Waals surface area contributed by atoms with E-state index in [-0.39, 0.29) is 10.6 Å². The number of hydrogen-bond donors (Lipinski definition) is 0. The molecule has 0 unspecified atom stereocenters. The third kappa shape index (κ3) is 2.11. The summed E-state index contributed by atoms with van der Waals surface area (Å²) in [6.07, 6.45) is 0. The summed E-state index contributed by atoms with van der Waals surface area (Å²) in [7, 11) is 1.22. The minimum atomic E-state index is -0.639. The van der Waals surface area contributed by atoms with Crippen molar-refractivity contribution in [2.75, 3.05) is 7.11 Å². The Bertz CT molecular complexity index is 354. The SMILES string of the molecule is COC(=O)c1ccc(I)c(F)c1Cl.